The van der Waals surface area contributed by atoms with Crippen LogP contribution in [0.25, 0.3) is 0 Å². The summed E-state index contributed by atoms with van der Waals surface area (Å²) >= 11 is 1.58. The summed E-state index contributed by atoms with van der Waals surface area (Å²) in [6.45, 7) is 5.97. The van der Waals surface area contributed by atoms with E-state index in [0.29, 0.717) is 29.3 Å². The Morgan fingerprint density at radius 1 is 1.07 bits per heavy atom. The number of carbonyl (C=O) groups is 2. The van der Waals surface area contributed by atoms with Crippen LogP contribution in [0.15, 0.2) is 53.9 Å². The van der Waals surface area contributed by atoms with Gasteiger partial charge in [0.15, 0.2) is 0 Å². The second-order valence-electron chi connectivity index (χ2n) is 6.85. The molecule has 7 heteroatoms. The number of hydrogen-bond acceptors (Lipinski definition) is 5. The van der Waals surface area contributed by atoms with Crippen LogP contribution in [-0.4, -0.2) is 16.8 Å². The molecule has 2 aromatic carbocycles. The van der Waals surface area contributed by atoms with Crippen LogP contribution >= 0.6 is 11.3 Å². The van der Waals surface area contributed by atoms with E-state index in [1.165, 1.54) is 0 Å². The van der Waals surface area contributed by atoms with Gasteiger partial charge in [-0.15, -0.1) is 11.3 Å². The lowest BCUT2D eigenvalue weighted by Gasteiger charge is -2.10. The minimum absolute atomic E-state index is 0.0496. The topological polar surface area (TPSA) is 80.3 Å². The Balaban J connectivity index is 1.59. The highest BCUT2D eigenvalue weighted by Gasteiger charge is 2.10. The van der Waals surface area contributed by atoms with Crippen molar-refractivity contribution in [2.45, 2.75) is 27.4 Å². The van der Waals surface area contributed by atoms with Crippen LogP contribution in [0, 0.1) is 12.8 Å². The molecule has 0 saturated carbocycles. The number of aryl methyl sites for hydroxylation is 1. The first-order valence-corrected chi connectivity index (χ1v) is 10.1. The van der Waals surface area contributed by atoms with Gasteiger partial charge in [-0.05, 0) is 49.4 Å². The van der Waals surface area contributed by atoms with Crippen molar-refractivity contribution in [2.24, 2.45) is 5.92 Å². The average molecular weight is 410 g/mol. The molecule has 0 aliphatic heterocycles. The standard InChI is InChI=1S/C22H23N3O3S/c1-14(2)21(26)24-17-7-9-18(10-8-17)25-22(27)16-5-4-6-20(11-16)28-12-19-13-29-15(3)23-19/h4-11,13-14H,12H2,1-3H3,(H,24,26)(H,25,27). The van der Waals surface area contributed by atoms with Crippen molar-refractivity contribution in [3.8, 4) is 5.75 Å². The van der Waals surface area contributed by atoms with E-state index in [2.05, 4.69) is 15.6 Å². The number of benzene rings is 2. The lowest BCUT2D eigenvalue weighted by atomic mass is 10.2. The van der Waals surface area contributed by atoms with E-state index in [-0.39, 0.29) is 17.7 Å². The van der Waals surface area contributed by atoms with Crippen LogP contribution in [0.2, 0.25) is 0 Å². The highest BCUT2D eigenvalue weighted by Crippen LogP contribution is 2.19. The number of anilines is 2. The quantitative estimate of drug-likeness (QED) is 0.583. The number of thiazole rings is 1. The number of amides is 2. The number of aromatic nitrogens is 1. The summed E-state index contributed by atoms with van der Waals surface area (Å²) in [5.41, 5.74) is 2.69. The average Bonchev–Trinajstić information content (AvgIpc) is 3.13. The third kappa shape index (κ3) is 5.89. The molecule has 150 valence electrons. The Morgan fingerprint density at radius 2 is 1.76 bits per heavy atom. The summed E-state index contributed by atoms with van der Waals surface area (Å²) in [6.07, 6.45) is 0. The molecule has 1 heterocycles. The molecule has 0 saturated heterocycles. The monoisotopic (exact) mass is 409 g/mol. The Kier molecular flexibility index (Phi) is 6.61. The van der Waals surface area contributed by atoms with Crippen LogP contribution in [-0.2, 0) is 11.4 Å². The lowest BCUT2D eigenvalue weighted by molar-refractivity contribution is -0.118. The molecule has 0 radical (unpaired) electrons. The number of ether oxygens (including phenoxy) is 1. The smallest absolute Gasteiger partial charge is 0.255 e. The molecule has 0 aliphatic carbocycles. The zero-order valence-corrected chi connectivity index (χ0v) is 17.4. The van der Waals surface area contributed by atoms with Crippen LogP contribution in [0.1, 0.15) is 34.9 Å². The molecular formula is C22H23N3O3S. The molecule has 0 spiro atoms. The van der Waals surface area contributed by atoms with Gasteiger partial charge in [0.2, 0.25) is 5.91 Å². The minimum atomic E-state index is -0.237. The van der Waals surface area contributed by atoms with Crippen molar-refractivity contribution in [3.63, 3.8) is 0 Å². The maximum atomic E-state index is 12.5. The van der Waals surface area contributed by atoms with Crippen molar-refractivity contribution in [1.82, 2.24) is 4.98 Å². The van der Waals surface area contributed by atoms with Crippen LogP contribution in [0.4, 0.5) is 11.4 Å². The minimum Gasteiger partial charge on any atom is -0.487 e. The van der Waals surface area contributed by atoms with Crippen molar-refractivity contribution in [2.75, 3.05) is 10.6 Å². The second-order valence-corrected chi connectivity index (χ2v) is 7.91. The predicted octanol–water partition coefficient (Wildman–Crippen LogP) is 4.88. The van der Waals surface area contributed by atoms with Gasteiger partial charge in [-0.25, -0.2) is 4.98 Å². The van der Waals surface area contributed by atoms with Gasteiger partial charge >= 0.3 is 0 Å². The molecule has 1 aromatic heterocycles. The van der Waals surface area contributed by atoms with Gasteiger partial charge in [-0.2, -0.15) is 0 Å². The van der Waals surface area contributed by atoms with Gasteiger partial charge < -0.3 is 15.4 Å². The van der Waals surface area contributed by atoms with Crippen LogP contribution < -0.4 is 15.4 Å². The molecular weight excluding hydrogens is 386 g/mol. The largest absolute Gasteiger partial charge is 0.487 e. The Labute approximate surface area is 173 Å². The summed E-state index contributed by atoms with van der Waals surface area (Å²) in [5.74, 6) is 0.226. The van der Waals surface area contributed by atoms with Crippen LogP contribution in [0.3, 0.4) is 0 Å². The van der Waals surface area contributed by atoms with E-state index >= 15 is 0 Å². The van der Waals surface area contributed by atoms with Gasteiger partial charge in [0.25, 0.3) is 5.91 Å². The van der Waals surface area contributed by atoms with E-state index < -0.39 is 0 Å². The molecule has 0 aliphatic rings. The molecule has 0 unspecified atom stereocenters. The SMILES string of the molecule is Cc1nc(COc2cccc(C(=O)Nc3ccc(NC(=O)C(C)C)cc3)c2)cs1. The first kappa shape index (κ1) is 20.5. The fourth-order valence-electron chi connectivity index (χ4n) is 2.49. The fraction of sp³-hybridized carbons (Fsp3) is 0.227. The zero-order chi connectivity index (χ0) is 20.8. The maximum absolute atomic E-state index is 12.5. The third-order valence-corrected chi connectivity index (χ3v) is 4.91. The number of rotatable bonds is 7. The van der Waals surface area contributed by atoms with Gasteiger partial charge in [0, 0.05) is 28.2 Å². The van der Waals surface area contributed by atoms with E-state index in [1.54, 1.807) is 53.8 Å². The molecule has 2 N–H and O–H groups in total. The molecule has 0 atom stereocenters. The number of nitrogens with one attached hydrogen (secondary N) is 2. The highest BCUT2D eigenvalue weighted by atomic mass is 32.1. The molecule has 3 aromatic rings. The maximum Gasteiger partial charge on any atom is 0.255 e. The number of carbonyl (C=O) groups excluding carboxylic acids is 2. The van der Waals surface area contributed by atoms with Crippen molar-refractivity contribution < 1.29 is 14.3 Å². The first-order chi connectivity index (χ1) is 13.9. The molecule has 6 nitrogen and oxygen atoms in total. The van der Waals surface area contributed by atoms with Gasteiger partial charge in [0.05, 0.1) is 10.7 Å². The van der Waals surface area contributed by atoms with Crippen molar-refractivity contribution in [1.29, 1.82) is 0 Å². The molecule has 0 bridgehead atoms. The van der Waals surface area contributed by atoms with Crippen LogP contribution in [0.5, 0.6) is 5.75 Å². The van der Waals surface area contributed by atoms with E-state index in [9.17, 15) is 9.59 Å². The fourth-order valence-corrected chi connectivity index (χ4v) is 3.08. The third-order valence-electron chi connectivity index (χ3n) is 4.08. The molecule has 2 amide bonds. The number of nitrogens with zero attached hydrogens (tertiary/aromatic N) is 1. The number of hydrogen-bond donors (Lipinski definition) is 2. The second kappa shape index (κ2) is 9.34. The van der Waals surface area contributed by atoms with Crippen molar-refractivity contribution >= 4 is 34.5 Å². The van der Waals surface area contributed by atoms with Gasteiger partial charge in [-0.1, -0.05) is 19.9 Å². The first-order valence-electron chi connectivity index (χ1n) is 9.27. The summed E-state index contributed by atoms with van der Waals surface area (Å²) in [7, 11) is 0. The molecule has 3 rings (SSSR count). The van der Waals surface area contributed by atoms with Gasteiger partial charge in [0.1, 0.15) is 12.4 Å². The highest BCUT2D eigenvalue weighted by molar-refractivity contribution is 7.09. The normalized spacial score (nSPS) is 10.6. The van der Waals surface area contributed by atoms with Gasteiger partial charge in [-0.3, -0.25) is 9.59 Å². The Hall–Kier alpha value is -3.19. The Bertz CT molecular complexity index is 997. The van der Waals surface area contributed by atoms with E-state index in [1.807, 2.05) is 32.2 Å². The summed E-state index contributed by atoms with van der Waals surface area (Å²) in [6, 6.07) is 14.0. The summed E-state index contributed by atoms with van der Waals surface area (Å²) in [4.78, 5) is 28.7. The predicted molar refractivity (Wildman–Crippen MR) is 115 cm³/mol. The molecule has 0 fully saturated rings. The van der Waals surface area contributed by atoms with Crippen molar-refractivity contribution in [3.05, 3.63) is 70.2 Å². The van der Waals surface area contributed by atoms with E-state index in [0.717, 1.165) is 10.7 Å². The lowest BCUT2D eigenvalue weighted by Crippen LogP contribution is -2.17. The Morgan fingerprint density at radius 3 is 2.38 bits per heavy atom. The van der Waals surface area contributed by atoms with E-state index in [4.69, 9.17) is 4.74 Å². The summed E-state index contributed by atoms with van der Waals surface area (Å²) < 4.78 is 5.74. The zero-order valence-electron chi connectivity index (χ0n) is 16.6. The molecule has 29 heavy (non-hydrogen) atoms. The summed E-state index contributed by atoms with van der Waals surface area (Å²) in [5, 5.41) is 8.62.